The monoisotopic (exact) mass is 542 g/mol. The Morgan fingerprint density at radius 2 is 0.862 bits per heavy atom. The van der Waals surface area contributed by atoms with Crippen LogP contribution in [-0.4, -0.2) is 0 Å². The Morgan fingerprint density at radius 1 is 0.552 bits per heavy atom. The van der Waals surface area contributed by atoms with Crippen LogP contribution >= 0.6 is 46.4 Å². The molecule has 2 aliphatic carbocycles. The molecule has 0 aromatic heterocycles. The maximum atomic E-state index is 6.75. The molecule has 0 fully saturated rings. The van der Waals surface area contributed by atoms with Crippen molar-refractivity contribution in [3.8, 4) is 11.5 Å². The van der Waals surface area contributed by atoms with Crippen molar-refractivity contribution in [3.05, 3.63) is 105 Å². The summed E-state index contributed by atoms with van der Waals surface area (Å²) in [5, 5.41) is 1.74. The van der Waals surface area contributed by atoms with Crippen LogP contribution in [0.15, 0.2) is 85.0 Å². The van der Waals surface area contributed by atoms with Crippen molar-refractivity contribution < 1.29 is 26.8 Å². The van der Waals surface area contributed by atoms with Gasteiger partial charge < -0.3 is 0 Å². The van der Waals surface area contributed by atoms with Crippen LogP contribution in [0.5, 0.6) is 11.5 Å². The van der Waals surface area contributed by atoms with Gasteiger partial charge in [-0.25, -0.2) is 0 Å². The van der Waals surface area contributed by atoms with Gasteiger partial charge >= 0.3 is 197 Å². The van der Waals surface area contributed by atoms with E-state index in [4.69, 9.17) is 52.0 Å². The molecule has 2 aliphatic rings. The van der Waals surface area contributed by atoms with E-state index < -0.39 is 21.1 Å². The van der Waals surface area contributed by atoms with Crippen LogP contribution < -0.4 is 5.63 Å². The summed E-state index contributed by atoms with van der Waals surface area (Å²) in [7, 11) is 0. The van der Waals surface area contributed by atoms with Crippen LogP contribution in [0.25, 0.3) is 0 Å². The Labute approximate surface area is 195 Å². The van der Waals surface area contributed by atoms with E-state index in [1.54, 1.807) is 36.4 Å². The molecular formula is C22H16Cl4O2Zr. The van der Waals surface area contributed by atoms with Gasteiger partial charge in [-0.1, -0.05) is 0 Å². The third kappa shape index (κ3) is 4.27. The Morgan fingerprint density at radius 3 is 1.17 bits per heavy atom. The second kappa shape index (κ2) is 9.04. The molecule has 0 saturated carbocycles. The zero-order valence-corrected chi connectivity index (χ0v) is 20.5. The summed E-state index contributed by atoms with van der Waals surface area (Å²) < 4.78 is 13.4. The number of hydrogen-bond acceptors (Lipinski definition) is 2. The van der Waals surface area contributed by atoms with Gasteiger partial charge in [0, 0.05) is 0 Å². The fourth-order valence-electron chi connectivity index (χ4n) is 3.39. The number of para-hydroxylation sites is 2. The van der Waals surface area contributed by atoms with E-state index in [-0.39, 0.29) is 7.25 Å². The summed E-state index contributed by atoms with van der Waals surface area (Å²) in [6, 6.07) is 10.6. The van der Waals surface area contributed by atoms with Crippen LogP contribution in [0.2, 0.25) is 27.3 Å². The normalized spacial score (nSPS) is 16.1. The van der Waals surface area contributed by atoms with Crippen LogP contribution in [0.1, 0.15) is 0 Å². The second-order valence-corrected chi connectivity index (χ2v) is 16.1. The first-order valence-electron chi connectivity index (χ1n) is 8.97. The van der Waals surface area contributed by atoms with E-state index in [2.05, 4.69) is 24.3 Å². The Bertz CT molecular complexity index is 897. The minimum atomic E-state index is -4.23. The van der Waals surface area contributed by atoms with Crippen molar-refractivity contribution in [2.24, 2.45) is 0 Å². The van der Waals surface area contributed by atoms with Crippen LogP contribution in [-0.2, 0) is 21.1 Å². The molecule has 0 heterocycles. The van der Waals surface area contributed by atoms with Gasteiger partial charge in [0.05, 0.1) is 0 Å². The fourth-order valence-corrected chi connectivity index (χ4v) is 13.9. The predicted molar refractivity (Wildman–Crippen MR) is 118 cm³/mol. The molecular weight excluding hydrogens is 529 g/mol. The summed E-state index contributed by atoms with van der Waals surface area (Å²) in [6.45, 7) is 0. The average Bonchev–Trinajstić information content (AvgIpc) is 3.41. The standard InChI is InChI=1S/2C6H4Cl2O.2C5H5.Zr/c2*7-4-2-1-3-5(8)6(4)9;2*1-2-4-5-3-1;/h2*1-3,9H;2*1-5H;/q;;;;+2/p-2. The molecule has 0 atom stereocenters. The van der Waals surface area contributed by atoms with E-state index in [0.717, 1.165) is 0 Å². The first kappa shape index (κ1) is 21.3. The van der Waals surface area contributed by atoms with Gasteiger partial charge in [-0.3, -0.25) is 0 Å². The number of benzene rings is 2. The summed E-state index contributed by atoms with van der Waals surface area (Å²) in [5.74, 6) is 0.856. The van der Waals surface area contributed by atoms with Crippen molar-refractivity contribution in [2.75, 3.05) is 0 Å². The topological polar surface area (TPSA) is 18.5 Å². The van der Waals surface area contributed by atoms with Crippen LogP contribution in [0.3, 0.4) is 0 Å². The molecule has 0 radical (unpaired) electrons. The molecule has 0 amide bonds. The summed E-state index contributed by atoms with van der Waals surface area (Å²) in [5.41, 5.74) is 0. The van der Waals surface area contributed by atoms with Crippen LogP contribution in [0, 0.1) is 0 Å². The molecule has 4 rings (SSSR count). The molecule has 0 N–H and O–H groups in total. The Hall–Kier alpha value is -0.957. The first-order valence-corrected chi connectivity index (χ1v) is 15.3. The van der Waals surface area contributed by atoms with Gasteiger partial charge in [0.25, 0.3) is 0 Å². The zero-order valence-electron chi connectivity index (χ0n) is 15.1. The van der Waals surface area contributed by atoms with Crippen molar-refractivity contribution in [3.63, 3.8) is 0 Å². The van der Waals surface area contributed by atoms with Crippen molar-refractivity contribution in [2.45, 2.75) is 7.25 Å². The maximum absolute atomic E-state index is 6.75. The van der Waals surface area contributed by atoms with Crippen LogP contribution in [0.4, 0.5) is 0 Å². The molecule has 0 unspecified atom stereocenters. The molecule has 29 heavy (non-hydrogen) atoms. The number of hydrogen-bond donors (Lipinski definition) is 0. The third-order valence-electron chi connectivity index (χ3n) is 4.79. The molecule has 2 nitrogen and oxygen atoms in total. The number of rotatable bonds is 6. The fraction of sp³-hybridized carbons (Fsp3) is 0.0909. The van der Waals surface area contributed by atoms with Crippen molar-refractivity contribution >= 4 is 46.4 Å². The van der Waals surface area contributed by atoms with E-state index >= 15 is 0 Å². The molecule has 2 aromatic carbocycles. The minimum absolute atomic E-state index is 0.0404. The Balaban J connectivity index is 1.89. The average molecular weight is 545 g/mol. The molecule has 0 saturated heterocycles. The first-order chi connectivity index (χ1) is 14.0. The zero-order chi connectivity index (χ0) is 20.4. The quantitative estimate of drug-likeness (QED) is 0.362. The van der Waals surface area contributed by atoms with E-state index in [1.165, 1.54) is 0 Å². The van der Waals surface area contributed by atoms with Gasteiger partial charge in [-0.2, -0.15) is 0 Å². The molecule has 0 spiro atoms. The van der Waals surface area contributed by atoms with Gasteiger partial charge in [0.15, 0.2) is 0 Å². The number of halogens is 4. The molecule has 2 aromatic rings. The SMILES string of the molecule is Clc1cccc(Cl)c1[O][Zr]([O]c1c(Cl)cccc1Cl)([CH]1C=CC=C1)[CH]1C=CC=C1. The Kier molecular flexibility index (Phi) is 6.63. The summed E-state index contributed by atoms with van der Waals surface area (Å²) in [4.78, 5) is 0. The molecule has 148 valence electrons. The second-order valence-electron chi connectivity index (χ2n) is 6.62. The van der Waals surface area contributed by atoms with Gasteiger partial charge in [-0.05, 0) is 0 Å². The molecule has 7 heteroatoms. The van der Waals surface area contributed by atoms with Gasteiger partial charge in [-0.15, -0.1) is 0 Å². The van der Waals surface area contributed by atoms with Crippen molar-refractivity contribution in [1.82, 2.24) is 0 Å². The van der Waals surface area contributed by atoms with E-state index in [1.807, 2.05) is 24.3 Å². The molecule has 0 bridgehead atoms. The van der Waals surface area contributed by atoms with Gasteiger partial charge in [0.1, 0.15) is 0 Å². The molecule has 0 aliphatic heterocycles. The third-order valence-corrected chi connectivity index (χ3v) is 15.0. The van der Waals surface area contributed by atoms with Crippen molar-refractivity contribution in [1.29, 1.82) is 0 Å². The van der Waals surface area contributed by atoms with E-state index in [9.17, 15) is 0 Å². The summed E-state index contributed by atoms with van der Waals surface area (Å²) in [6.07, 6.45) is 16.3. The van der Waals surface area contributed by atoms with Gasteiger partial charge in [0.2, 0.25) is 0 Å². The summed E-state index contributed by atoms with van der Waals surface area (Å²) >= 11 is 21.6. The number of allylic oxidation sites excluding steroid dienone is 8. The van der Waals surface area contributed by atoms with E-state index in [0.29, 0.717) is 31.6 Å². The predicted octanol–water partition coefficient (Wildman–Crippen LogP) is 8.57.